The molecule has 1 amide bonds. The van der Waals surface area contributed by atoms with E-state index in [1.54, 1.807) is 4.90 Å². The maximum absolute atomic E-state index is 11.9. The van der Waals surface area contributed by atoms with Crippen LogP contribution in [0.25, 0.3) is 0 Å². The number of hydrogen-bond acceptors (Lipinski definition) is 6. The molecule has 3 heterocycles. The van der Waals surface area contributed by atoms with Gasteiger partial charge in [-0.25, -0.2) is 9.78 Å². The van der Waals surface area contributed by atoms with E-state index in [1.807, 2.05) is 19.2 Å². The molecule has 0 bridgehead atoms. The number of aromatic nitrogens is 2. The summed E-state index contributed by atoms with van der Waals surface area (Å²) in [5, 5.41) is 0. The zero-order chi connectivity index (χ0) is 18.8. The van der Waals surface area contributed by atoms with Crippen molar-refractivity contribution in [3.63, 3.8) is 0 Å². The third kappa shape index (κ3) is 3.41. The van der Waals surface area contributed by atoms with Crippen LogP contribution < -0.4 is 9.80 Å². The highest BCUT2D eigenvalue weighted by molar-refractivity contribution is 5.69. The van der Waals surface area contributed by atoms with Crippen molar-refractivity contribution in [3.8, 4) is 0 Å². The van der Waals surface area contributed by atoms with E-state index in [2.05, 4.69) is 46.0 Å². The molecule has 0 spiro atoms. The quantitative estimate of drug-likeness (QED) is 0.831. The highest BCUT2D eigenvalue weighted by atomic mass is 16.6. The molecule has 1 aromatic carbocycles. The second kappa shape index (κ2) is 7.42. The van der Waals surface area contributed by atoms with Crippen molar-refractivity contribution >= 4 is 23.5 Å². The highest BCUT2D eigenvalue weighted by Gasteiger charge is 2.29. The van der Waals surface area contributed by atoms with Crippen LogP contribution in [0.3, 0.4) is 0 Å². The molecular weight excluding hydrogens is 342 g/mol. The smallest absolute Gasteiger partial charge is 0.409 e. The molecule has 142 valence electrons. The number of piperazine rings is 1. The average Bonchev–Trinajstić information content (AvgIpc) is 3.04. The van der Waals surface area contributed by atoms with Crippen molar-refractivity contribution in [1.29, 1.82) is 0 Å². The largest absolute Gasteiger partial charge is 0.450 e. The minimum absolute atomic E-state index is 0.241. The maximum atomic E-state index is 11.9. The number of nitrogens with zero attached hydrogens (tertiary/aromatic N) is 5. The van der Waals surface area contributed by atoms with E-state index in [4.69, 9.17) is 9.72 Å². The van der Waals surface area contributed by atoms with Crippen molar-refractivity contribution in [2.24, 2.45) is 0 Å². The van der Waals surface area contributed by atoms with Crippen LogP contribution in [0.4, 0.5) is 22.2 Å². The van der Waals surface area contributed by atoms with Crippen LogP contribution in [0.1, 0.15) is 19.4 Å². The maximum Gasteiger partial charge on any atom is 0.409 e. The molecule has 0 N–H and O–H groups in total. The van der Waals surface area contributed by atoms with Crippen LogP contribution in [-0.4, -0.2) is 59.8 Å². The molecule has 0 aliphatic carbocycles. The number of carbonyl (C=O) groups is 1. The van der Waals surface area contributed by atoms with Gasteiger partial charge in [0.25, 0.3) is 0 Å². The fourth-order valence-electron chi connectivity index (χ4n) is 3.84. The SMILES string of the molecule is CCOC(=O)N1CCN(c2nccc(N3c4ccccc4CC3C)n2)CC1. The van der Waals surface area contributed by atoms with E-state index in [0.29, 0.717) is 44.8 Å². The number of rotatable bonds is 3. The first-order chi connectivity index (χ1) is 13.2. The van der Waals surface area contributed by atoms with Gasteiger partial charge in [0.15, 0.2) is 0 Å². The molecule has 7 heteroatoms. The molecule has 0 saturated carbocycles. The fourth-order valence-corrected chi connectivity index (χ4v) is 3.84. The van der Waals surface area contributed by atoms with Crippen molar-refractivity contribution < 1.29 is 9.53 Å². The topological polar surface area (TPSA) is 61.8 Å². The lowest BCUT2D eigenvalue weighted by Crippen LogP contribution is -2.49. The van der Waals surface area contributed by atoms with Crippen LogP contribution in [-0.2, 0) is 11.2 Å². The molecule has 1 saturated heterocycles. The number of carbonyl (C=O) groups excluding carboxylic acids is 1. The monoisotopic (exact) mass is 367 g/mol. The van der Waals surface area contributed by atoms with Gasteiger partial charge in [0.1, 0.15) is 5.82 Å². The molecule has 7 nitrogen and oxygen atoms in total. The van der Waals surface area contributed by atoms with Crippen molar-refractivity contribution in [3.05, 3.63) is 42.1 Å². The third-order valence-electron chi connectivity index (χ3n) is 5.17. The van der Waals surface area contributed by atoms with Gasteiger partial charge in [0.2, 0.25) is 5.95 Å². The summed E-state index contributed by atoms with van der Waals surface area (Å²) in [7, 11) is 0. The molecule has 4 rings (SSSR count). The lowest BCUT2D eigenvalue weighted by molar-refractivity contribution is 0.105. The standard InChI is InChI=1S/C20H25N5O2/c1-3-27-20(26)24-12-10-23(11-13-24)19-21-9-8-18(22-19)25-15(2)14-16-6-4-5-7-17(16)25/h4-9,15H,3,10-14H2,1-2H3. The first kappa shape index (κ1) is 17.6. The Morgan fingerprint density at radius 1 is 1.19 bits per heavy atom. The molecule has 2 aromatic rings. The van der Waals surface area contributed by atoms with Crippen LogP contribution in [0.15, 0.2) is 36.5 Å². The minimum atomic E-state index is -0.241. The Labute approximate surface area is 159 Å². The summed E-state index contributed by atoms with van der Waals surface area (Å²) in [5.74, 6) is 1.64. The molecule has 27 heavy (non-hydrogen) atoms. The number of fused-ring (bicyclic) bond motifs is 1. The number of benzene rings is 1. The zero-order valence-corrected chi connectivity index (χ0v) is 15.8. The van der Waals surface area contributed by atoms with Gasteiger partial charge in [0, 0.05) is 44.1 Å². The summed E-state index contributed by atoms with van der Waals surface area (Å²) in [6, 6.07) is 10.8. The Bertz CT molecular complexity index is 820. The van der Waals surface area contributed by atoms with Crippen molar-refractivity contribution in [1.82, 2.24) is 14.9 Å². The summed E-state index contributed by atoms with van der Waals surface area (Å²) < 4.78 is 5.08. The van der Waals surface area contributed by atoms with Crippen molar-refractivity contribution in [2.45, 2.75) is 26.3 Å². The van der Waals surface area contributed by atoms with Gasteiger partial charge in [-0.05, 0) is 38.0 Å². The van der Waals surface area contributed by atoms with Gasteiger partial charge in [0.05, 0.1) is 6.61 Å². The molecule has 2 aliphatic rings. The zero-order valence-electron chi connectivity index (χ0n) is 15.8. The molecular formula is C20H25N5O2. The summed E-state index contributed by atoms with van der Waals surface area (Å²) in [6.45, 7) is 7.10. The van der Waals surface area contributed by atoms with Crippen LogP contribution in [0, 0.1) is 0 Å². The van der Waals surface area contributed by atoms with Gasteiger partial charge < -0.3 is 19.4 Å². The number of anilines is 3. The first-order valence-corrected chi connectivity index (χ1v) is 9.54. The predicted molar refractivity (Wildman–Crippen MR) is 105 cm³/mol. The minimum Gasteiger partial charge on any atom is -0.450 e. The normalized spacial score (nSPS) is 19.2. The molecule has 1 unspecified atom stereocenters. The second-order valence-electron chi connectivity index (χ2n) is 6.94. The second-order valence-corrected chi connectivity index (χ2v) is 6.94. The van der Waals surface area contributed by atoms with Gasteiger partial charge in [-0.1, -0.05) is 18.2 Å². The fraction of sp³-hybridized carbons (Fsp3) is 0.450. The van der Waals surface area contributed by atoms with E-state index in [0.717, 1.165) is 12.2 Å². The molecule has 0 radical (unpaired) electrons. The Kier molecular flexibility index (Phi) is 4.83. The number of hydrogen-bond donors (Lipinski definition) is 0. The molecule has 2 aliphatic heterocycles. The van der Waals surface area contributed by atoms with Gasteiger partial charge in [-0.3, -0.25) is 0 Å². The predicted octanol–water partition coefficient (Wildman–Crippen LogP) is 2.84. The molecule has 1 atom stereocenters. The summed E-state index contributed by atoms with van der Waals surface area (Å²) in [4.78, 5) is 27.3. The van der Waals surface area contributed by atoms with E-state index in [1.165, 1.54) is 11.3 Å². The number of amides is 1. The van der Waals surface area contributed by atoms with Gasteiger partial charge in [-0.15, -0.1) is 0 Å². The van der Waals surface area contributed by atoms with E-state index < -0.39 is 0 Å². The lowest BCUT2D eigenvalue weighted by atomic mass is 10.1. The van der Waals surface area contributed by atoms with E-state index >= 15 is 0 Å². The first-order valence-electron chi connectivity index (χ1n) is 9.54. The third-order valence-corrected chi connectivity index (χ3v) is 5.17. The number of para-hydroxylation sites is 1. The average molecular weight is 367 g/mol. The van der Waals surface area contributed by atoms with Crippen LogP contribution in [0.2, 0.25) is 0 Å². The van der Waals surface area contributed by atoms with E-state index in [-0.39, 0.29) is 6.09 Å². The van der Waals surface area contributed by atoms with Crippen LogP contribution >= 0.6 is 0 Å². The Morgan fingerprint density at radius 3 is 2.74 bits per heavy atom. The summed E-state index contributed by atoms with van der Waals surface area (Å²) >= 11 is 0. The van der Waals surface area contributed by atoms with Crippen molar-refractivity contribution in [2.75, 3.05) is 42.6 Å². The Balaban J connectivity index is 1.50. The van der Waals surface area contributed by atoms with Gasteiger partial charge in [-0.2, -0.15) is 4.98 Å². The molecule has 1 fully saturated rings. The Hall–Kier alpha value is -2.83. The van der Waals surface area contributed by atoms with Crippen LogP contribution in [0.5, 0.6) is 0 Å². The molecule has 1 aromatic heterocycles. The Morgan fingerprint density at radius 2 is 1.96 bits per heavy atom. The lowest BCUT2D eigenvalue weighted by Gasteiger charge is -2.34. The van der Waals surface area contributed by atoms with E-state index in [9.17, 15) is 4.79 Å². The highest BCUT2D eigenvalue weighted by Crippen LogP contribution is 2.37. The summed E-state index contributed by atoms with van der Waals surface area (Å²) in [5.41, 5.74) is 2.58. The summed E-state index contributed by atoms with van der Waals surface area (Å²) in [6.07, 6.45) is 2.60. The number of ether oxygens (including phenoxy) is 1. The van der Waals surface area contributed by atoms with Gasteiger partial charge >= 0.3 is 6.09 Å².